The van der Waals surface area contributed by atoms with Crippen LogP contribution in [-0.4, -0.2) is 37.9 Å². The molecule has 0 aliphatic carbocycles. The minimum absolute atomic E-state index is 0.0128. The average molecular weight is 248 g/mol. The molecule has 0 spiro atoms. The first kappa shape index (κ1) is 12.3. The first-order valence-electron chi connectivity index (χ1n) is 5.68. The van der Waals surface area contributed by atoms with Crippen LogP contribution in [0.15, 0.2) is 12.4 Å². The second-order valence-corrected chi connectivity index (χ2v) is 4.08. The molecule has 0 aliphatic heterocycles. The molecule has 0 fully saturated rings. The standard InChI is InChI=1S/C11H16N6O/c1-7(2)18-11-15-9(14-10(12-3)16-11)8-5-13-17(4)6-8/h5-7H,1-4H3,(H,12,14,15,16). The summed E-state index contributed by atoms with van der Waals surface area (Å²) in [5, 5.41) is 6.98. The molecule has 7 heteroatoms. The van der Waals surface area contributed by atoms with Gasteiger partial charge in [0.2, 0.25) is 5.95 Å². The Hall–Kier alpha value is -2.18. The monoisotopic (exact) mass is 248 g/mol. The van der Waals surface area contributed by atoms with E-state index in [1.807, 2.05) is 27.1 Å². The Morgan fingerprint density at radius 3 is 2.61 bits per heavy atom. The van der Waals surface area contributed by atoms with E-state index >= 15 is 0 Å². The first-order chi connectivity index (χ1) is 8.58. The SMILES string of the molecule is CNc1nc(OC(C)C)nc(-c2cnn(C)c2)n1. The van der Waals surface area contributed by atoms with Crippen molar-refractivity contribution >= 4 is 5.95 Å². The second-order valence-electron chi connectivity index (χ2n) is 4.08. The zero-order chi connectivity index (χ0) is 13.1. The molecule has 2 aromatic rings. The molecular weight excluding hydrogens is 232 g/mol. The highest BCUT2D eigenvalue weighted by atomic mass is 16.5. The van der Waals surface area contributed by atoms with Crippen LogP contribution in [0.5, 0.6) is 6.01 Å². The van der Waals surface area contributed by atoms with Crippen molar-refractivity contribution in [2.45, 2.75) is 20.0 Å². The molecule has 18 heavy (non-hydrogen) atoms. The summed E-state index contributed by atoms with van der Waals surface area (Å²) in [6.07, 6.45) is 3.56. The highest BCUT2D eigenvalue weighted by molar-refractivity contribution is 5.54. The van der Waals surface area contributed by atoms with Gasteiger partial charge in [-0.05, 0) is 13.8 Å². The smallest absolute Gasteiger partial charge is 0.322 e. The lowest BCUT2D eigenvalue weighted by Crippen LogP contribution is -2.11. The molecule has 1 N–H and O–H groups in total. The van der Waals surface area contributed by atoms with Crippen LogP contribution in [0, 0.1) is 0 Å². The third-order valence-corrected chi connectivity index (χ3v) is 2.14. The molecule has 0 aromatic carbocycles. The average Bonchev–Trinajstić information content (AvgIpc) is 2.74. The maximum atomic E-state index is 5.50. The van der Waals surface area contributed by atoms with Crippen LogP contribution in [-0.2, 0) is 7.05 Å². The molecule has 0 saturated carbocycles. The topological polar surface area (TPSA) is 77.8 Å². The molecule has 2 rings (SSSR count). The summed E-state index contributed by atoms with van der Waals surface area (Å²) in [5.41, 5.74) is 0.824. The van der Waals surface area contributed by atoms with Gasteiger partial charge in [-0.2, -0.15) is 20.1 Å². The van der Waals surface area contributed by atoms with E-state index in [0.29, 0.717) is 17.8 Å². The van der Waals surface area contributed by atoms with Crippen LogP contribution in [0.3, 0.4) is 0 Å². The summed E-state index contributed by atoms with van der Waals surface area (Å²) in [6.45, 7) is 3.85. The van der Waals surface area contributed by atoms with Crippen LogP contribution >= 0.6 is 0 Å². The van der Waals surface area contributed by atoms with Crippen LogP contribution in [0.1, 0.15) is 13.8 Å². The number of aryl methyl sites for hydroxylation is 1. The zero-order valence-electron chi connectivity index (χ0n) is 10.9. The lowest BCUT2D eigenvalue weighted by molar-refractivity contribution is 0.222. The van der Waals surface area contributed by atoms with E-state index in [1.165, 1.54) is 0 Å². The molecule has 2 aromatic heterocycles. The van der Waals surface area contributed by atoms with Crippen LogP contribution in [0.2, 0.25) is 0 Å². The zero-order valence-corrected chi connectivity index (χ0v) is 10.9. The van der Waals surface area contributed by atoms with Crippen molar-refractivity contribution < 1.29 is 4.74 Å². The van der Waals surface area contributed by atoms with Gasteiger partial charge in [-0.25, -0.2) is 0 Å². The molecule has 2 heterocycles. The minimum Gasteiger partial charge on any atom is -0.461 e. The number of nitrogens with one attached hydrogen (secondary N) is 1. The van der Waals surface area contributed by atoms with Gasteiger partial charge in [0.15, 0.2) is 5.82 Å². The molecule has 0 saturated heterocycles. The predicted molar refractivity (Wildman–Crippen MR) is 67.3 cm³/mol. The van der Waals surface area contributed by atoms with Gasteiger partial charge in [-0.1, -0.05) is 0 Å². The highest BCUT2D eigenvalue weighted by Crippen LogP contribution is 2.18. The van der Waals surface area contributed by atoms with Crippen molar-refractivity contribution in [2.75, 3.05) is 12.4 Å². The fraction of sp³-hybridized carbons (Fsp3) is 0.455. The van der Waals surface area contributed by atoms with E-state index in [9.17, 15) is 0 Å². The van der Waals surface area contributed by atoms with Gasteiger partial charge >= 0.3 is 6.01 Å². The molecule has 96 valence electrons. The maximum Gasteiger partial charge on any atom is 0.322 e. The van der Waals surface area contributed by atoms with E-state index in [4.69, 9.17) is 4.74 Å². The third kappa shape index (κ3) is 2.73. The Balaban J connectivity index is 2.40. The Morgan fingerprint density at radius 1 is 1.28 bits per heavy atom. The van der Waals surface area contributed by atoms with Crippen molar-refractivity contribution in [2.24, 2.45) is 7.05 Å². The van der Waals surface area contributed by atoms with Gasteiger partial charge < -0.3 is 10.1 Å². The van der Waals surface area contributed by atoms with Crippen LogP contribution in [0.25, 0.3) is 11.4 Å². The molecule has 0 amide bonds. The van der Waals surface area contributed by atoms with Gasteiger partial charge in [0.25, 0.3) is 0 Å². The largest absolute Gasteiger partial charge is 0.461 e. The van der Waals surface area contributed by atoms with E-state index in [1.54, 1.807) is 17.9 Å². The van der Waals surface area contributed by atoms with Crippen LogP contribution in [0.4, 0.5) is 5.95 Å². The second kappa shape index (κ2) is 4.99. The van der Waals surface area contributed by atoms with Crippen LogP contribution < -0.4 is 10.1 Å². The third-order valence-electron chi connectivity index (χ3n) is 2.14. The van der Waals surface area contributed by atoms with Crippen molar-refractivity contribution in [3.8, 4) is 17.4 Å². The number of rotatable bonds is 4. The van der Waals surface area contributed by atoms with E-state index in [-0.39, 0.29) is 6.10 Å². The van der Waals surface area contributed by atoms with E-state index in [2.05, 4.69) is 25.4 Å². The van der Waals surface area contributed by atoms with Crippen molar-refractivity contribution in [3.63, 3.8) is 0 Å². The molecule has 0 unspecified atom stereocenters. The number of nitrogens with zero attached hydrogens (tertiary/aromatic N) is 5. The molecule has 0 atom stereocenters. The van der Waals surface area contributed by atoms with Gasteiger partial charge in [-0.3, -0.25) is 4.68 Å². The Labute approximate surface area is 105 Å². The summed E-state index contributed by atoms with van der Waals surface area (Å²) < 4.78 is 7.19. The molecule has 7 nitrogen and oxygen atoms in total. The van der Waals surface area contributed by atoms with Crippen molar-refractivity contribution in [1.29, 1.82) is 0 Å². The molecular formula is C11H16N6O. The van der Waals surface area contributed by atoms with Gasteiger partial charge in [0.05, 0.1) is 17.9 Å². The Morgan fingerprint density at radius 2 is 2.06 bits per heavy atom. The van der Waals surface area contributed by atoms with Crippen molar-refractivity contribution in [1.82, 2.24) is 24.7 Å². The van der Waals surface area contributed by atoms with Crippen molar-refractivity contribution in [3.05, 3.63) is 12.4 Å². The van der Waals surface area contributed by atoms with Gasteiger partial charge in [-0.15, -0.1) is 0 Å². The number of hydrogen-bond acceptors (Lipinski definition) is 6. The fourth-order valence-corrected chi connectivity index (χ4v) is 1.40. The Bertz CT molecular complexity index is 536. The fourth-order valence-electron chi connectivity index (χ4n) is 1.40. The van der Waals surface area contributed by atoms with E-state index < -0.39 is 0 Å². The predicted octanol–water partition coefficient (Wildman–Crippen LogP) is 1.10. The van der Waals surface area contributed by atoms with E-state index in [0.717, 1.165) is 5.56 Å². The number of aromatic nitrogens is 5. The lowest BCUT2D eigenvalue weighted by atomic mass is 10.3. The summed E-state index contributed by atoms with van der Waals surface area (Å²) in [4.78, 5) is 12.7. The molecule has 0 aliphatic rings. The maximum absolute atomic E-state index is 5.50. The number of hydrogen-bond donors (Lipinski definition) is 1. The highest BCUT2D eigenvalue weighted by Gasteiger charge is 2.11. The molecule has 0 radical (unpaired) electrons. The normalized spacial score (nSPS) is 10.7. The summed E-state index contributed by atoms with van der Waals surface area (Å²) in [5.74, 6) is 1.01. The lowest BCUT2D eigenvalue weighted by Gasteiger charge is -2.09. The first-order valence-corrected chi connectivity index (χ1v) is 5.68. The minimum atomic E-state index is 0.0128. The quantitative estimate of drug-likeness (QED) is 0.873. The number of anilines is 1. The summed E-state index contributed by atoms with van der Waals surface area (Å²) in [7, 11) is 3.59. The Kier molecular flexibility index (Phi) is 3.40. The van der Waals surface area contributed by atoms with Gasteiger partial charge in [0, 0.05) is 20.3 Å². The number of ether oxygens (including phenoxy) is 1. The summed E-state index contributed by atoms with van der Waals surface area (Å²) >= 11 is 0. The summed E-state index contributed by atoms with van der Waals surface area (Å²) in [6, 6.07) is 0.309. The van der Waals surface area contributed by atoms with Gasteiger partial charge in [0.1, 0.15) is 0 Å². The molecule has 0 bridgehead atoms.